The molecule has 2 aliphatic rings. The van der Waals surface area contributed by atoms with Gasteiger partial charge in [0.05, 0.1) is 11.1 Å². The summed E-state index contributed by atoms with van der Waals surface area (Å²) < 4.78 is 5.61. The van der Waals surface area contributed by atoms with Crippen molar-refractivity contribution in [2.24, 2.45) is 5.73 Å². The third-order valence-electron chi connectivity index (χ3n) is 6.73. The van der Waals surface area contributed by atoms with Crippen molar-refractivity contribution in [2.45, 2.75) is 43.4 Å². The van der Waals surface area contributed by atoms with Crippen LogP contribution in [0, 0.1) is 6.92 Å². The molecule has 0 aliphatic carbocycles. The van der Waals surface area contributed by atoms with Crippen molar-refractivity contribution in [3.63, 3.8) is 0 Å². The van der Waals surface area contributed by atoms with Crippen LogP contribution in [0.15, 0.2) is 48.7 Å². The number of rotatable bonds is 4. The van der Waals surface area contributed by atoms with Crippen LogP contribution < -0.4 is 5.73 Å². The van der Waals surface area contributed by atoms with Gasteiger partial charge in [-0.15, -0.1) is 0 Å². The molecular formula is C24H29N3O3. The topological polar surface area (TPSA) is 85.5 Å². The number of benzene rings is 1. The zero-order valence-corrected chi connectivity index (χ0v) is 17.5. The van der Waals surface area contributed by atoms with Crippen LogP contribution in [0.25, 0.3) is 0 Å². The van der Waals surface area contributed by atoms with E-state index in [1.165, 1.54) is 0 Å². The summed E-state index contributed by atoms with van der Waals surface area (Å²) in [6.07, 6.45) is 4.26. The predicted molar refractivity (Wildman–Crippen MR) is 114 cm³/mol. The lowest BCUT2D eigenvalue weighted by atomic mass is 9.70. The first-order chi connectivity index (χ1) is 14.5. The van der Waals surface area contributed by atoms with Crippen LogP contribution >= 0.6 is 0 Å². The van der Waals surface area contributed by atoms with Gasteiger partial charge in [-0.25, -0.2) is 0 Å². The minimum atomic E-state index is -0.950. The van der Waals surface area contributed by atoms with Crippen LogP contribution in [0.4, 0.5) is 0 Å². The molecule has 1 aromatic carbocycles. The number of amides is 2. The molecule has 2 fully saturated rings. The average molecular weight is 408 g/mol. The molecule has 1 unspecified atom stereocenters. The van der Waals surface area contributed by atoms with E-state index in [9.17, 15) is 9.59 Å². The van der Waals surface area contributed by atoms with Gasteiger partial charge in [0.15, 0.2) is 0 Å². The summed E-state index contributed by atoms with van der Waals surface area (Å²) in [6, 6.07) is 13.7. The van der Waals surface area contributed by atoms with E-state index < -0.39 is 16.7 Å². The molecular weight excluding hydrogens is 378 g/mol. The van der Waals surface area contributed by atoms with Gasteiger partial charge in [0.2, 0.25) is 11.8 Å². The number of carbonyl (C=O) groups is 2. The lowest BCUT2D eigenvalue weighted by molar-refractivity contribution is -0.145. The fourth-order valence-corrected chi connectivity index (χ4v) is 5.00. The van der Waals surface area contributed by atoms with Gasteiger partial charge in [0.25, 0.3) is 0 Å². The Morgan fingerprint density at radius 2 is 1.87 bits per heavy atom. The van der Waals surface area contributed by atoms with Crippen LogP contribution in [0.3, 0.4) is 0 Å². The molecule has 4 rings (SSSR count). The van der Waals surface area contributed by atoms with Crippen LogP contribution in [-0.2, 0) is 25.2 Å². The monoisotopic (exact) mass is 407 g/mol. The van der Waals surface area contributed by atoms with Gasteiger partial charge in [-0.1, -0.05) is 35.9 Å². The van der Waals surface area contributed by atoms with Crippen molar-refractivity contribution in [1.82, 2.24) is 9.88 Å². The third-order valence-corrected chi connectivity index (χ3v) is 6.73. The van der Waals surface area contributed by atoms with E-state index in [2.05, 4.69) is 11.1 Å². The smallest absolute Gasteiger partial charge is 0.233 e. The second kappa shape index (κ2) is 8.19. The number of ether oxygens (including phenoxy) is 1. The molecule has 2 amide bonds. The van der Waals surface area contributed by atoms with Gasteiger partial charge < -0.3 is 15.4 Å². The minimum absolute atomic E-state index is 0.0673. The molecule has 6 heteroatoms. The minimum Gasteiger partial charge on any atom is -0.381 e. The first-order valence-corrected chi connectivity index (χ1v) is 10.6. The Balaban J connectivity index is 1.71. The maximum atomic E-state index is 14.0. The van der Waals surface area contributed by atoms with Gasteiger partial charge in [-0.2, -0.15) is 0 Å². The molecule has 1 aromatic heterocycles. The molecule has 2 aromatic rings. The fraction of sp³-hybridized carbons (Fsp3) is 0.458. The summed E-state index contributed by atoms with van der Waals surface area (Å²) >= 11 is 0. The van der Waals surface area contributed by atoms with Gasteiger partial charge in [-0.3, -0.25) is 14.6 Å². The second-order valence-corrected chi connectivity index (χ2v) is 8.56. The molecule has 3 heterocycles. The number of pyridine rings is 1. The van der Waals surface area contributed by atoms with Crippen molar-refractivity contribution in [3.05, 3.63) is 65.5 Å². The first-order valence-electron chi connectivity index (χ1n) is 10.6. The Hall–Kier alpha value is -2.73. The number of likely N-dealkylation sites (tertiary alicyclic amines) is 1. The summed E-state index contributed by atoms with van der Waals surface area (Å²) in [4.78, 5) is 32.9. The Bertz CT molecular complexity index is 924. The van der Waals surface area contributed by atoms with Crippen LogP contribution in [0.5, 0.6) is 0 Å². The first kappa shape index (κ1) is 20.5. The number of nitrogens with two attached hydrogens (primary N) is 1. The quantitative estimate of drug-likeness (QED) is 0.844. The van der Waals surface area contributed by atoms with E-state index in [-0.39, 0.29) is 12.5 Å². The van der Waals surface area contributed by atoms with Crippen molar-refractivity contribution < 1.29 is 14.3 Å². The number of piperidine rings is 1. The molecule has 0 spiro atoms. The van der Waals surface area contributed by atoms with Gasteiger partial charge >= 0.3 is 0 Å². The lowest BCUT2D eigenvalue weighted by Crippen LogP contribution is -2.59. The highest BCUT2D eigenvalue weighted by Crippen LogP contribution is 2.40. The molecule has 158 valence electrons. The fourth-order valence-electron chi connectivity index (χ4n) is 5.00. The van der Waals surface area contributed by atoms with E-state index in [1.54, 1.807) is 6.20 Å². The van der Waals surface area contributed by atoms with Gasteiger partial charge in [0, 0.05) is 32.5 Å². The standard InChI is InChI=1S/C24H29N3O3/c1-18-6-4-7-19(16-18)23(10-14-30-15-11-23)22(29)27-13-5-9-24(17-27,21(25)28)20-8-2-3-12-26-20/h2-4,6-8,12,16H,5,9-11,13-15,17H2,1H3,(H2,25,28). The highest BCUT2D eigenvalue weighted by Gasteiger charge is 2.50. The Labute approximate surface area is 177 Å². The molecule has 1 atom stereocenters. The van der Waals surface area contributed by atoms with Crippen molar-refractivity contribution in [2.75, 3.05) is 26.3 Å². The summed E-state index contributed by atoms with van der Waals surface area (Å²) in [5.41, 5.74) is 7.13. The Morgan fingerprint density at radius 1 is 1.07 bits per heavy atom. The van der Waals surface area contributed by atoms with E-state index in [1.807, 2.05) is 48.2 Å². The van der Waals surface area contributed by atoms with Crippen LogP contribution in [0.1, 0.15) is 42.5 Å². The van der Waals surface area contributed by atoms with Crippen molar-refractivity contribution in [3.8, 4) is 0 Å². The van der Waals surface area contributed by atoms with E-state index in [0.29, 0.717) is 51.1 Å². The van der Waals surface area contributed by atoms with Crippen molar-refractivity contribution >= 4 is 11.8 Å². The number of hydrogen-bond donors (Lipinski definition) is 1. The number of nitrogens with zero attached hydrogens (tertiary/aromatic N) is 2. The van der Waals surface area contributed by atoms with Crippen LogP contribution in [0.2, 0.25) is 0 Å². The number of primary amides is 1. The largest absolute Gasteiger partial charge is 0.381 e. The highest BCUT2D eigenvalue weighted by atomic mass is 16.5. The predicted octanol–water partition coefficient (Wildman–Crippen LogP) is 2.48. The Morgan fingerprint density at radius 3 is 2.53 bits per heavy atom. The highest BCUT2D eigenvalue weighted by molar-refractivity contribution is 5.91. The molecule has 30 heavy (non-hydrogen) atoms. The summed E-state index contributed by atoms with van der Waals surface area (Å²) in [5.74, 6) is -0.354. The average Bonchev–Trinajstić information content (AvgIpc) is 2.79. The number of aryl methyl sites for hydroxylation is 1. The van der Waals surface area contributed by atoms with Gasteiger partial charge in [-0.05, 0) is 50.3 Å². The van der Waals surface area contributed by atoms with Gasteiger partial charge in [0.1, 0.15) is 5.41 Å². The van der Waals surface area contributed by atoms with E-state index >= 15 is 0 Å². The molecule has 2 aliphatic heterocycles. The maximum absolute atomic E-state index is 14.0. The molecule has 0 radical (unpaired) electrons. The SMILES string of the molecule is Cc1cccc(C2(C(=O)N3CCCC(C(N)=O)(c4ccccn4)C3)CCOCC2)c1. The van der Waals surface area contributed by atoms with E-state index in [0.717, 1.165) is 11.1 Å². The molecule has 2 saturated heterocycles. The molecule has 0 saturated carbocycles. The number of hydrogen-bond acceptors (Lipinski definition) is 4. The third kappa shape index (κ3) is 3.49. The number of aromatic nitrogens is 1. The molecule has 0 bridgehead atoms. The second-order valence-electron chi connectivity index (χ2n) is 8.56. The zero-order valence-electron chi connectivity index (χ0n) is 17.5. The summed E-state index contributed by atoms with van der Waals surface area (Å²) in [7, 11) is 0. The Kier molecular flexibility index (Phi) is 5.60. The van der Waals surface area contributed by atoms with Crippen LogP contribution in [-0.4, -0.2) is 48.0 Å². The van der Waals surface area contributed by atoms with E-state index in [4.69, 9.17) is 10.5 Å². The molecule has 6 nitrogen and oxygen atoms in total. The maximum Gasteiger partial charge on any atom is 0.233 e. The summed E-state index contributed by atoms with van der Waals surface area (Å²) in [6.45, 7) is 4.03. The summed E-state index contributed by atoms with van der Waals surface area (Å²) in [5, 5.41) is 0. The number of carbonyl (C=O) groups excluding carboxylic acids is 2. The zero-order chi connectivity index (χ0) is 21.2. The normalized spacial score (nSPS) is 23.7. The lowest BCUT2D eigenvalue weighted by Gasteiger charge is -2.45. The molecule has 2 N–H and O–H groups in total. The van der Waals surface area contributed by atoms with Crippen molar-refractivity contribution in [1.29, 1.82) is 0 Å².